The van der Waals surface area contributed by atoms with Gasteiger partial charge in [0, 0.05) is 4.48 Å². The van der Waals surface area contributed by atoms with E-state index in [0.29, 0.717) is 6.54 Å². The van der Waals surface area contributed by atoms with Gasteiger partial charge in [0.05, 0.1) is 12.6 Å². The molecule has 20 heavy (non-hydrogen) atoms. The molecule has 3 rings (SSSR count). The van der Waals surface area contributed by atoms with E-state index in [9.17, 15) is 5.11 Å². The van der Waals surface area contributed by atoms with Gasteiger partial charge >= 0.3 is 0 Å². The molecule has 4 nitrogen and oxygen atoms in total. The van der Waals surface area contributed by atoms with Crippen LogP contribution in [0.2, 0.25) is 0 Å². The third-order valence-corrected chi connectivity index (χ3v) is 4.08. The van der Waals surface area contributed by atoms with Crippen molar-refractivity contribution in [2.24, 2.45) is 5.41 Å². The Bertz CT molecular complexity index is 550. The van der Waals surface area contributed by atoms with Gasteiger partial charge < -0.3 is 5.11 Å². The monoisotopic (exact) mass is 337 g/mol. The Hall–Kier alpha value is -1.20. The van der Waals surface area contributed by atoms with E-state index in [1.54, 1.807) is 11.0 Å². The van der Waals surface area contributed by atoms with Crippen molar-refractivity contribution in [1.29, 1.82) is 0 Å². The van der Waals surface area contributed by atoms with Crippen LogP contribution >= 0.6 is 15.9 Å². The molecule has 0 fully saturated rings. The van der Waals surface area contributed by atoms with Gasteiger partial charge in [0.2, 0.25) is 0 Å². The highest BCUT2D eigenvalue weighted by molar-refractivity contribution is 9.11. The number of nitrogens with zero attached hydrogens (tertiary/aromatic N) is 3. The Balaban J connectivity index is 0.000000157. The van der Waals surface area contributed by atoms with Crippen LogP contribution < -0.4 is 0 Å². The summed E-state index contributed by atoms with van der Waals surface area (Å²) < 4.78 is 2.91. The molecule has 0 saturated carbocycles. The lowest BCUT2D eigenvalue weighted by Gasteiger charge is -2.25. The number of fused-ring (bicyclic) bond motifs is 2. The molecule has 0 spiro atoms. The van der Waals surface area contributed by atoms with Crippen LogP contribution in [-0.2, 0) is 6.54 Å². The molecule has 0 amide bonds. The lowest BCUT2D eigenvalue weighted by Crippen LogP contribution is -2.30. The van der Waals surface area contributed by atoms with E-state index < -0.39 is 0 Å². The molecular formula is C15H20BrN3O. The van der Waals surface area contributed by atoms with Crippen molar-refractivity contribution in [2.75, 3.05) is 0 Å². The average Bonchev–Trinajstić information content (AvgIpc) is 3.04. The van der Waals surface area contributed by atoms with Crippen LogP contribution in [0.1, 0.15) is 27.2 Å². The maximum atomic E-state index is 9.67. The number of hydrogen-bond acceptors (Lipinski definition) is 3. The van der Waals surface area contributed by atoms with Crippen LogP contribution in [0.3, 0.4) is 0 Å². The van der Waals surface area contributed by atoms with E-state index in [1.165, 1.54) is 22.0 Å². The first-order valence-electron chi connectivity index (χ1n) is 6.64. The lowest BCUT2D eigenvalue weighted by atomic mass is 9.89. The molecule has 2 aliphatic rings. The Morgan fingerprint density at radius 2 is 2.15 bits per heavy atom. The standard InChI is InChI=1S/C8H15N3O.C7H5Br/c1-8(2,3)7(12)4-11-6-9-5-10-11;8-7-4-5-1-2-6(7)3-5/h5-7,12H,4H2,1-3H3;1-2,4H,3H2. The first kappa shape index (κ1) is 15.2. The zero-order valence-electron chi connectivity index (χ0n) is 12.0. The number of aromatic nitrogens is 3. The Labute approximate surface area is 128 Å². The second kappa shape index (κ2) is 6.06. The highest BCUT2D eigenvalue weighted by Gasteiger charge is 2.22. The summed E-state index contributed by atoms with van der Waals surface area (Å²) in [5.74, 6) is 0. The molecule has 108 valence electrons. The van der Waals surface area contributed by atoms with Gasteiger partial charge in [0.25, 0.3) is 0 Å². The molecule has 1 aromatic heterocycles. The predicted molar refractivity (Wildman–Crippen MR) is 83.3 cm³/mol. The van der Waals surface area contributed by atoms with Crippen molar-refractivity contribution < 1.29 is 5.11 Å². The molecule has 1 aromatic rings. The van der Waals surface area contributed by atoms with Crippen molar-refractivity contribution >= 4 is 15.9 Å². The molecule has 1 atom stereocenters. The summed E-state index contributed by atoms with van der Waals surface area (Å²) >= 11 is 3.45. The first-order chi connectivity index (χ1) is 9.36. The van der Waals surface area contributed by atoms with Gasteiger partial charge in [-0.15, -0.1) is 0 Å². The van der Waals surface area contributed by atoms with Crippen molar-refractivity contribution in [1.82, 2.24) is 14.8 Å². The summed E-state index contributed by atoms with van der Waals surface area (Å²) in [6, 6.07) is 0. The Morgan fingerprint density at radius 3 is 2.50 bits per heavy atom. The second-order valence-electron chi connectivity index (χ2n) is 6.10. The van der Waals surface area contributed by atoms with Crippen LogP contribution in [-0.4, -0.2) is 26.0 Å². The largest absolute Gasteiger partial charge is 0.391 e. The molecular weight excluding hydrogens is 318 g/mol. The van der Waals surface area contributed by atoms with E-state index >= 15 is 0 Å². The fourth-order valence-corrected chi connectivity index (χ4v) is 2.41. The van der Waals surface area contributed by atoms with Crippen LogP contribution in [0.4, 0.5) is 0 Å². The van der Waals surface area contributed by atoms with Crippen LogP contribution in [0.25, 0.3) is 0 Å². The van der Waals surface area contributed by atoms with Crippen molar-refractivity contribution in [3.63, 3.8) is 0 Å². The number of allylic oxidation sites excluding steroid dienone is 6. The van der Waals surface area contributed by atoms with Crippen LogP contribution in [0, 0.1) is 5.41 Å². The van der Waals surface area contributed by atoms with Gasteiger partial charge in [-0.05, 0) is 29.1 Å². The highest BCUT2D eigenvalue weighted by atomic mass is 79.9. The molecule has 5 heteroatoms. The maximum absolute atomic E-state index is 9.67. The van der Waals surface area contributed by atoms with Crippen LogP contribution in [0.5, 0.6) is 0 Å². The zero-order chi connectivity index (χ0) is 14.8. The molecule has 0 saturated heterocycles. The van der Waals surface area contributed by atoms with Crippen molar-refractivity contribution in [3.05, 3.63) is 46.5 Å². The summed E-state index contributed by atoms with van der Waals surface area (Å²) in [6.45, 7) is 6.49. The van der Waals surface area contributed by atoms with Gasteiger partial charge in [-0.3, -0.25) is 4.68 Å². The molecule has 0 radical (unpaired) electrons. The molecule has 2 aliphatic carbocycles. The Kier molecular flexibility index (Phi) is 4.60. The number of hydrogen-bond donors (Lipinski definition) is 1. The summed E-state index contributed by atoms with van der Waals surface area (Å²) in [7, 11) is 0. The normalized spacial score (nSPS) is 17.9. The molecule has 2 bridgehead atoms. The second-order valence-corrected chi connectivity index (χ2v) is 6.96. The smallest absolute Gasteiger partial charge is 0.137 e. The topological polar surface area (TPSA) is 50.9 Å². The molecule has 0 aliphatic heterocycles. The molecule has 1 unspecified atom stereocenters. The summed E-state index contributed by atoms with van der Waals surface area (Å²) in [5, 5.41) is 13.6. The highest BCUT2D eigenvalue weighted by Crippen LogP contribution is 2.35. The van der Waals surface area contributed by atoms with Crippen molar-refractivity contribution in [3.8, 4) is 0 Å². The zero-order valence-corrected chi connectivity index (χ0v) is 13.6. The van der Waals surface area contributed by atoms with E-state index in [1.807, 2.05) is 20.8 Å². The minimum absolute atomic E-state index is 0.105. The lowest BCUT2D eigenvalue weighted by molar-refractivity contribution is 0.0450. The number of aliphatic hydroxyl groups excluding tert-OH is 1. The van der Waals surface area contributed by atoms with Gasteiger partial charge in [-0.2, -0.15) is 5.10 Å². The van der Waals surface area contributed by atoms with Gasteiger partial charge in [0.15, 0.2) is 0 Å². The van der Waals surface area contributed by atoms with E-state index in [4.69, 9.17) is 0 Å². The summed E-state index contributed by atoms with van der Waals surface area (Å²) in [4.78, 5) is 3.80. The first-order valence-corrected chi connectivity index (χ1v) is 7.43. The predicted octanol–water partition coefficient (Wildman–Crippen LogP) is 3.22. The van der Waals surface area contributed by atoms with Gasteiger partial charge in [-0.1, -0.05) is 48.9 Å². The van der Waals surface area contributed by atoms with Crippen LogP contribution in [0.15, 0.2) is 46.5 Å². The van der Waals surface area contributed by atoms with E-state index in [0.717, 1.165) is 6.42 Å². The van der Waals surface area contributed by atoms with E-state index in [-0.39, 0.29) is 11.5 Å². The summed E-state index contributed by atoms with van der Waals surface area (Å²) in [6.07, 6.45) is 10.3. The third kappa shape index (κ3) is 3.90. The van der Waals surface area contributed by atoms with Gasteiger partial charge in [0.1, 0.15) is 12.7 Å². The third-order valence-electron chi connectivity index (χ3n) is 3.34. The number of aliphatic hydroxyl groups is 1. The fourth-order valence-electron chi connectivity index (χ4n) is 1.84. The number of rotatable bonds is 2. The Morgan fingerprint density at radius 1 is 1.40 bits per heavy atom. The minimum atomic E-state index is -0.390. The maximum Gasteiger partial charge on any atom is 0.137 e. The average molecular weight is 338 g/mol. The quantitative estimate of drug-likeness (QED) is 0.901. The molecule has 0 aromatic carbocycles. The summed E-state index contributed by atoms with van der Waals surface area (Å²) in [5.41, 5.74) is 2.76. The van der Waals surface area contributed by atoms with Crippen molar-refractivity contribution in [2.45, 2.75) is 39.8 Å². The fraction of sp³-hybridized carbons (Fsp3) is 0.467. The molecule has 1 heterocycles. The van der Waals surface area contributed by atoms with Gasteiger partial charge in [-0.25, -0.2) is 4.98 Å². The minimum Gasteiger partial charge on any atom is -0.391 e. The molecule has 1 N–H and O–H groups in total. The SMILES string of the molecule is BrC1=C2C=CC(=C1)C2.CC(C)(C)C(O)Cn1cncn1. The van der Waals surface area contributed by atoms with E-state index in [2.05, 4.69) is 44.2 Å². The number of halogens is 1.